The maximum Gasteiger partial charge on any atom is 0.0845 e. The highest BCUT2D eigenvalue weighted by molar-refractivity contribution is 5.48. The molecule has 1 aromatic rings. The van der Waals surface area contributed by atoms with Gasteiger partial charge >= 0.3 is 0 Å². The molecular weight excluding hydrogens is 148 g/mol. The van der Waals surface area contributed by atoms with Crippen molar-refractivity contribution >= 4 is 6.08 Å². The number of hydrogen-bond donors (Lipinski definition) is 0. The second-order valence-electron chi connectivity index (χ2n) is 2.58. The monoisotopic (exact) mass is 160 g/mol. The normalized spacial score (nSPS) is 10.5. The van der Waals surface area contributed by atoms with E-state index in [-0.39, 0.29) is 0 Å². The predicted molar refractivity (Wildman–Crippen MR) is 50.7 cm³/mol. The Balaban J connectivity index is 3.04. The van der Waals surface area contributed by atoms with Crippen LogP contribution in [-0.2, 0) is 0 Å². The maximum absolute atomic E-state index is 4.31. The summed E-state index contributed by atoms with van der Waals surface area (Å²) in [5, 5.41) is 0. The van der Waals surface area contributed by atoms with Crippen LogP contribution >= 0.6 is 0 Å². The first kappa shape index (κ1) is 8.65. The van der Waals surface area contributed by atoms with Gasteiger partial charge in [0.2, 0.25) is 0 Å². The summed E-state index contributed by atoms with van der Waals surface area (Å²) < 4.78 is 0. The average molecular weight is 160 g/mol. The quantitative estimate of drug-likeness (QED) is 0.620. The number of aryl methyl sites for hydroxylation is 2. The summed E-state index contributed by atoms with van der Waals surface area (Å²) in [6, 6.07) is 0. The number of nitrogens with zero attached hydrogens (tertiary/aromatic N) is 2. The zero-order valence-electron chi connectivity index (χ0n) is 7.41. The molecule has 0 aromatic carbocycles. The second kappa shape index (κ2) is 3.81. The predicted octanol–water partition coefficient (Wildman–Crippen LogP) is 2.29. The molecule has 62 valence electrons. The van der Waals surface area contributed by atoms with Gasteiger partial charge in [0.25, 0.3) is 0 Å². The zero-order valence-corrected chi connectivity index (χ0v) is 7.41. The van der Waals surface area contributed by atoms with Crippen LogP contribution in [0.2, 0.25) is 0 Å². The third-order valence-electron chi connectivity index (χ3n) is 1.50. The summed E-state index contributed by atoms with van der Waals surface area (Å²) >= 11 is 0. The Bertz CT molecular complexity index is 314. The summed E-state index contributed by atoms with van der Waals surface area (Å²) in [6.45, 7) is 7.46. The molecule has 12 heavy (non-hydrogen) atoms. The van der Waals surface area contributed by atoms with E-state index in [1.165, 1.54) is 0 Å². The van der Waals surface area contributed by atoms with Crippen LogP contribution in [0.5, 0.6) is 0 Å². The van der Waals surface area contributed by atoms with Gasteiger partial charge in [-0.2, -0.15) is 0 Å². The van der Waals surface area contributed by atoms with Gasteiger partial charge < -0.3 is 0 Å². The molecule has 2 nitrogen and oxygen atoms in total. The molecule has 0 amide bonds. The smallest absolute Gasteiger partial charge is 0.0845 e. The highest BCUT2D eigenvalue weighted by Gasteiger charge is 1.95. The Kier molecular flexibility index (Phi) is 2.75. The minimum absolute atomic E-state index is 0.912. The van der Waals surface area contributed by atoms with Crippen LogP contribution in [0.1, 0.15) is 17.1 Å². The summed E-state index contributed by atoms with van der Waals surface area (Å²) in [7, 11) is 0. The minimum Gasteiger partial charge on any atom is -0.257 e. The Morgan fingerprint density at radius 2 is 2.17 bits per heavy atom. The lowest BCUT2D eigenvalue weighted by molar-refractivity contribution is 1.05. The Morgan fingerprint density at radius 1 is 1.42 bits per heavy atom. The van der Waals surface area contributed by atoms with Gasteiger partial charge in [-0.3, -0.25) is 9.97 Å². The Hall–Kier alpha value is -1.44. The molecule has 0 bridgehead atoms. The van der Waals surface area contributed by atoms with E-state index >= 15 is 0 Å². The van der Waals surface area contributed by atoms with Crippen LogP contribution < -0.4 is 0 Å². The van der Waals surface area contributed by atoms with Crippen molar-refractivity contribution in [3.05, 3.63) is 42.0 Å². The third kappa shape index (κ3) is 2.02. The molecule has 0 N–H and O–H groups in total. The summed E-state index contributed by atoms with van der Waals surface area (Å²) in [5.41, 5.74) is 2.79. The van der Waals surface area contributed by atoms with E-state index in [0.717, 1.165) is 17.1 Å². The van der Waals surface area contributed by atoms with Crippen LogP contribution in [0.25, 0.3) is 6.08 Å². The van der Waals surface area contributed by atoms with Gasteiger partial charge in [0.15, 0.2) is 0 Å². The molecule has 0 aliphatic rings. The van der Waals surface area contributed by atoms with E-state index in [1.54, 1.807) is 12.3 Å². The molecule has 0 fully saturated rings. The van der Waals surface area contributed by atoms with Gasteiger partial charge in [0.1, 0.15) is 0 Å². The molecular formula is C10H12N2. The lowest BCUT2D eigenvalue weighted by Gasteiger charge is -1.98. The third-order valence-corrected chi connectivity index (χ3v) is 1.50. The fourth-order valence-corrected chi connectivity index (χ4v) is 0.873. The van der Waals surface area contributed by atoms with Gasteiger partial charge in [-0.1, -0.05) is 18.7 Å². The van der Waals surface area contributed by atoms with Crippen molar-refractivity contribution in [1.29, 1.82) is 0 Å². The van der Waals surface area contributed by atoms with Crippen LogP contribution in [0.15, 0.2) is 24.9 Å². The maximum atomic E-state index is 4.31. The molecule has 1 aromatic heterocycles. The molecule has 0 radical (unpaired) electrons. The fraction of sp³-hybridized carbons (Fsp3) is 0.200. The highest BCUT2D eigenvalue weighted by atomic mass is 14.8. The number of allylic oxidation sites excluding steroid dienone is 2. The first-order chi connectivity index (χ1) is 5.74. The van der Waals surface area contributed by atoms with Gasteiger partial charge in [0, 0.05) is 6.20 Å². The van der Waals surface area contributed by atoms with Crippen LogP contribution in [0, 0.1) is 13.8 Å². The van der Waals surface area contributed by atoms with E-state index < -0.39 is 0 Å². The molecule has 0 saturated carbocycles. The molecule has 0 aliphatic heterocycles. The highest BCUT2D eigenvalue weighted by Crippen LogP contribution is 2.04. The lowest BCUT2D eigenvalue weighted by Crippen LogP contribution is -1.92. The van der Waals surface area contributed by atoms with E-state index in [0.29, 0.717) is 0 Å². The topological polar surface area (TPSA) is 25.8 Å². The van der Waals surface area contributed by atoms with E-state index in [9.17, 15) is 0 Å². The summed E-state index contributed by atoms with van der Waals surface area (Å²) in [4.78, 5) is 8.50. The van der Waals surface area contributed by atoms with Gasteiger partial charge in [0.05, 0.1) is 17.1 Å². The van der Waals surface area contributed by atoms with Crippen molar-refractivity contribution in [2.45, 2.75) is 13.8 Å². The summed E-state index contributed by atoms with van der Waals surface area (Å²) in [5.74, 6) is 0. The van der Waals surface area contributed by atoms with E-state index in [2.05, 4.69) is 16.5 Å². The molecule has 0 atom stereocenters. The van der Waals surface area contributed by atoms with E-state index in [1.807, 2.05) is 26.0 Å². The zero-order chi connectivity index (χ0) is 8.97. The fourth-order valence-electron chi connectivity index (χ4n) is 0.873. The molecule has 0 saturated heterocycles. The van der Waals surface area contributed by atoms with Crippen molar-refractivity contribution in [2.24, 2.45) is 0 Å². The average Bonchev–Trinajstić information content (AvgIpc) is 2.07. The first-order valence-corrected chi connectivity index (χ1v) is 3.83. The minimum atomic E-state index is 0.912. The van der Waals surface area contributed by atoms with Crippen molar-refractivity contribution in [1.82, 2.24) is 9.97 Å². The molecule has 0 aliphatic carbocycles. The summed E-state index contributed by atoms with van der Waals surface area (Å²) in [6.07, 6.45) is 7.25. The molecule has 1 rings (SSSR count). The molecule has 2 heteroatoms. The van der Waals surface area contributed by atoms with Crippen LogP contribution in [-0.4, -0.2) is 9.97 Å². The second-order valence-corrected chi connectivity index (χ2v) is 2.58. The SMILES string of the molecule is C=CC=Cc1nc(C)cnc1C. The van der Waals surface area contributed by atoms with Crippen molar-refractivity contribution in [3.63, 3.8) is 0 Å². The van der Waals surface area contributed by atoms with E-state index in [4.69, 9.17) is 0 Å². The van der Waals surface area contributed by atoms with Gasteiger partial charge in [-0.05, 0) is 19.9 Å². The first-order valence-electron chi connectivity index (χ1n) is 3.83. The van der Waals surface area contributed by atoms with Crippen molar-refractivity contribution in [3.8, 4) is 0 Å². The van der Waals surface area contributed by atoms with Gasteiger partial charge in [-0.25, -0.2) is 0 Å². The number of rotatable bonds is 2. The van der Waals surface area contributed by atoms with Crippen molar-refractivity contribution in [2.75, 3.05) is 0 Å². The Labute approximate surface area is 72.7 Å². The molecule has 1 heterocycles. The standard InChI is InChI=1S/C10H12N2/c1-4-5-6-10-9(3)11-7-8(2)12-10/h4-7H,1H2,2-3H3. The van der Waals surface area contributed by atoms with Crippen LogP contribution in [0.3, 0.4) is 0 Å². The van der Waals surface area contributed by atoms with Crippen molar-refractivity contribution < 1.29 is 0 Å². The van der Waals surface area contributed by atoms with Crippen LogP contribution in [0.4, 0.5) is 0 Å². The Morgan fingerprint density at radius 3 is 2.83 bits per heavy atom. The lowest BCUT2D eigenvalue weighted by atomic mass is 10.3. The molecule has 0 unspecified atom stereocenters. The molecule has 0 spiro atoms. The van der Waals surface area contributed by atoms with Gasteiger partial charge in [-0.15, -0.1) is 0 Å². The number of hydrogen-bond acceptors (Lipinski definition) is 2. The largest absolute Gasteiger partial charge is 0.257 e. The number of aromatic nitrogens is 2.